The zero-order valence-corrected chi connectivity index (χ0v) is 12.7. The first kappa shape index (κ1) is 14.0. The molecular weight excluding hydrogens is 328 g/mol. The molecule has 3 aromatic rings. The van der Waals surface area contributed by atoms with Gasteiger partial charge in [0.05, 0.1) is 0 Å². The lowest BCUT2D eigenvalue weighted by molar-refractivity contribution is 0.0746. The molecule has 3 rings (SSSR count). The van der Waals surface area contributed by atoms with E-state index in [4.69, 9.17) is 0 Å². The summed E-state index contributed by atoms with van der Waals surface area (Å²) in [6, 6.07) is 20.5. The maximum atomic E-state index is 12.5. The monoisotopic (exact) mass is 340 g/mol. The maximum absolute atomic E-state index is 12.5. The first-order valence-electron chi connectivity index (χ1n) is 6.62. The fourth-order valence-electron chi connectivity index (χ4n) is 2.34. The van der Waals surface area contributed by atoms with Gasteiger partial charge in [0.15, 0.2) is 5.78 Å². The number of fused-ring (bicyclic) bond motifs is 1. The molecule has 0 radical (unpaired) electrons. The van der Waals surface area contributed by atoms with Gasteiger partial charge in [0.1, 0.15) is 6.10 Å². The van der Waals surface area contributed by atoms with Crippen molar-refractivity contribution in [1.29, 1.82) is 0 Å². The van der Waals surface area contributed by atoms with Crippen molar-refractivity contribution in [3.8, 4) is 0 Å². The van der Waals surface area contributed by atoms with Gasteiger partial charge in [-0.05, 0) is 22.9 Å². The Hall–Kier alpha value is -1.97. The minimum absolute atomic E-state index is 0.298. The summed E-state index contributed by atoms with van der Waals surface area (Å²) in [6.07, 6.45) is -1.17. The molecule has 104 valence electrons. The smallest absolute Gasteiger partial charge is 0.195 e. The van der Waals surface area contributed by atoms with Gasteiger partial charge in [0, 0.05) is 15.6 Å². The quantitative estimate of drug-likeness (QED) is 0.712. The van der Waals surface area contributed by atoms with Crippen molar-refractivity contribution in [2.75, 3.05) is 0 Å². The molecule has 0 heterocycles. The molecule has 2 nitrogen and oxygen atoms in total. The number of hydrogen-bond donors (Lipinski definition) is 1. The summed E-state index contributed by atoms with van der Waals surface area (Å²) in [5.41, 5.74) is 1.09. The predicted molar refractivity (Wildman–Crippen MR) is 87.4 cm³/mol. The average Bonchev–Trinajstić information content (AvgIpc) is 2.53. The fourth-order valence-corrected chi connectivity index (χ4v) is 2.84. The molecule has 0 amide bonds. The van der Waals surface area contributed by atoms with Crippen LogP contribution in [0.1, 0.15) is 22.0 Å². The number of carbonyl (C=O) groups is 1. The number of Topliss-reactive ketones (excluding diaryl/α,β-unsaturated/α-hetero) is 1. The lowest BCUT2D eigenvalue weighted by Crippen LogP contribution is -2.12. The van der Waals surface area contributed by atoms with Gasteiger partial charge in [-0.1, -0.05) is 70.5 Å². The molecule has 0 bridgehead atoms. The maximum Gasteiger partial charge on any atom is 0.195 e. The van der Waals surface area contributed by atoms with Gasteiger partial charge in [-0.3, -0.25) is 4.79 Å². The highest BCUT2D eigenvalue weighted by molar-refractivity contribution is 9.10. The predicted octanol–water partition coefficient (Wildman–Crippen LogP) is 4.52. The third-order valence-electron chi connectivity index (χ3n) is 3.48. The van der Waals surface area contributed by atoms with Gasteiger partial charge in [0.2, 0.25) is 0 Å². The van der Waals surface area contributed by atoms with Crippen LogP contribution in [0.3, 0.4) is 0 Å². The minimum Gasteiger partial charge on any atom is -0.380 e. The van der Waals surface area contributed by atoms with Crippen LogP contribution < -0.4 is 0 Å². The minimum atomic E-state index is -1.17. The molecule has 1 atom stereocenters. The number of benzene rings is 3. The number of aliphatic hydroxyl groups excluding tert-OH is 1. The Bertz CT molecular complexity index is 811. The van der Waals surface area contributed by atoms with E-state index in [0.29, 0.717) is 11.1 Å². The van der Waals surface area contributed by atoms with E-state index >= 15 is 0 Å². The van der Waals surface area contributed by atoms with Crippen molar-refractivity contribution in [3.63, 3.8) is 0 Å². The number of carbonyl (C=O) groups excluding carboxylic acids is 1. The Morgan fingerprint density at radius 3 is 2.33 bits per heavy atom. The molecule has 0 aromatic heterocycles. The largest absolute Gasteiger partial charge is 0.380 e. The summed E-state index contributed by atoms with van der Waals surface area (Å²) in [4.78, 5) is 12.5. The zero-order valence-electron chi connectivity index (χ0n) is 11.2. The first-order chi connectivity index (χ1) is 10.2. The van der Waals surface area contributed by atoms with Gasteiger partial charge in [-0.15, -0.1) is 0 Å². The van der Waals surface area contributed by atoms with Crippen LogP contribution in [0.15, 0.2) is 71.2 Å². The van der Waals surface area contributed by atoms with Gasteiger partial charge < -0.3 is 5.11 Å². The Labute approximate surface area is 131 Å². The number of halogens is 1. The van der Waals surface area contributed by atoms with Crippen LogP contribution in [-0.2, 0) is 0 Å². The van der Waals surface area contributed by atoms with Crippen molar-refractivity contribution >= 4 is 32.5 Å². The highest BCUT2D eigenvalue weighted by Crippen LogP contribution is 2.27. The Morgan fingerprint density at radius 2 is 1.57 bits per heavy atom. The third-order valence-corrected chi connectivity index (χ3v) is 4.20. The molecule has 0 aliphatic heterocycles. The van der Waals surface area contributed by atoms with E-state index in [9.17, 15) is 9.90 Å². The highest BCUT2D eigenvalue weighted by atomic mass is 79.9. The van der Waals surface area contributed by atoms with E-state index < -0.39 is 6.10 Å². The van der Waals surface area contributed by atoms with Gasteiger partial charge >= 0.3 is 0 Å². The topological polar surface area (TPSA) is 37.3 Å². The Kier molecular flexibility index (Phi) is 3.86. The molecule has 0 aliphatic rings. The van der Waals surface area contributed by atoms with Crippen LogP contribution in [0.25, 0.3) is 10.8 Å². The lowest BCUT2D eigenvalue weighted by Gasteiger charge is -2.12. The second kappa shape index (κ2) is 5.80. The molecule has 0 fully saturated rings. The van der Waals surface area contributed by atoms with E-state index in [1.165, 1.54) is 0 Å². The molecular formula is C18H13BrO2. The van der Waals surface area contributed by atoms with Crippen LogP contribution in [-0.4, -0.2) is 10.9 Å². The van der Waals surface area contributed by atoms with Crippen LogP contribution in [0.5, 0.6) is 0 Å². The molecule has 21 heavy (non-hydrogen) atoms. The van der Waals surface area contributed by atoms with E-state index in [0.717, 1.165) is 15.2 Å². The van der Waals surface area contributed by atoms with Crippen molar-refractivity contribution < 1.29 is 9.90 Å². The summed E-state index contributed by atoms with van der Waals surface area (Å²) in [5.74, 6) is -0.298. The van der Waals surface area contributed by atoms with Crippen LogP contribution in [0.4, 0.5) is 0 Å². The molecule has 0 spiro atoms. The fraction of sp³-hybridized carbons (Fsp3) is 0.0556. The van der Waals surface area contributed by atoms with Crippen molar-refractivity contribution in [2.45, 2.75) is 6.10 Å². The lowest BCUT2D eigenvalue weighted by atomic mass is 9.98. The molecule has 0 unspecified atom stereocenters. The van der Waals surface area contributed by atoms with E-state index in [2.05, 4.69) is 15.9 Å². The summed E-state index contributed by atoms with van der Waals surface area (Å²) < 4.78 is 0.728. The summed E-state index contributed by atoms with van der Waals surface area (Å²) >= 11 is 3.37. The van der Waals surface area contributed by atoms with Crippen LogP contribution in [0, 0.1) is 0 Å². The second-order valence-corrected chi connectivity index (χ2v) is 5.70. The molecule has 0 saturated heterocycles. The highest BCUT2D eigenvalue weighted by Gasteiger charge is 2.21. The normalized spacial score (nSPS) is 12.3. The summed E-state index contributed by atoms with van der Waals surface area (Å²) in [7, 11) is 0. The van der Waals surface area contributed by atoms with Crippen LogP contribution >= 0.6 is 15.9 Å². The van der Waals surface area contributed by atoms with E-state index in [-0.39, 0.29) is 5.78 Å². The SMILES string of the molecule is O=C(c1ccc2ccccc2c1)[C@@H](O)c1ccccc1Br. The van der Waals surface area contributed by atoms with Crippen LogP contribution in [0.2, 0.25) is 0 Å². The molecule has 0 saturated carbocycles. The number of aliphatic hydroxyl groups is 1. The van der Waals surface area contributed by atoms with Gasteiger partial charge in [-0.25, -0.2) is 0 Å². The van der Waals surface area contributed by atoms with Crippen molar-refractivity contribution in [3.05, 3.63) is 82.3 Å². The standard InChI is InChI=1S/C18H13BrO2/c19-16-8-4-3-7-15(16)18(21)17(20)14-10-9-12-5-1-2-6-13(12)11-14/h1-11,18,21H/t18-/m0/s1. The molecule has 3 heteroatoms. The Morgan fingerprint density at radius 1 is 0.905 bits per heavy atom. The van der Waals surface area contributed by atoms with Crippen molar-refractivity contribution in [2.24, 2.45) is 0 Å². The molecule has 1 N–H and O–H groups in total. The van der Waals surface area contributed by atoms with E-state index in [1.54, 1.807) is 18.2 Å². The zero-order chi connectivity index (χ0) is 14.8. The summed E-state index contributed by atoms with van der Waals surface area (Å²) in [5, 5.41) is 12.4. The van der Waals surface area contributed by atoms with Gasteiger partial charge in [0.25, 0.3) is 0 Å². The average molecular weight is 341 g/mol. The van der Waals surface area contributed by atoms with Crippen molar-refractivity contribution in [1.82, 2.24) is 0 Å². The summed E-state index contributed by atoms with van der Waals surface area (Å²) in [6.45, 7) is 0. The first-order valence-corrected chi connectivity index (χ1v) is 7.41. The second-order valence-electron chi connectivity index (χ2n) is 4.85. The number of rotatable bonds is 3. The number of hydrogen-bond acceptors (Lipinski definition) is 2. The third kappa shape index (κ3) is 2.75. The Balaban J connectivity index is 1.98. The van der Waals surface area contributed by atoms with E-state index in [1.807, 2.05) is 48.5 Å². The molecule has 3 aromatic carbocycles. The molecule has 0 aliphatic carbocycles. The number of ketones is 1. The van der Waals surface area contributed by atoms with Gasteiger partial charge in [-0.2, -0.15) is 0 Å².